The lowest BCUT2D eigenvalue weighted by atomic mass is 9.68. The zero-order valence-corrected chi connectivity index (χ0v) is 23.5. The molecule has 2 bridgehead atoms. The predicted molar refractivity (Wildman–Crippen MR) is 152 cm³/mol. The monoisotopic (exact) mass is 577 g/mol. The van der Waals surface area contributed by atoms with Crippen molar-refractivity contribution in [2.45, 2.75) is 62.1 Å². The van der Waals surface area contributed by atoms with Crippen LogP contribution in [0.15, 0.2) is 42.5 Å². The molecule has 5 N–H and O–H groups in total. The Bertz CT molecular complexity index is 1290. The summed E-state index contributed by atoms with van der Waals surface area (Å²) in [7, 11) is -3.34. The number of anilines is 1. The van der Waals surface area contributed by atoms with Crippen LogP contribution in [0.4, 0.5) is 10.1 Å². The highest BCUT2D eigenvalue weighted by Crippen LogP contribution is 2.37. The first-order valence-electron chi connectivity index (χ1n) is 13.7. The van der Waals surface area contributed by atoms with Gasteiger partial charge < -0.3 is 21.7 Å². The summed E-state index contributed by atoms with van der Waals surface area (Å²) in [4.78, 5) is 13.6. The van der Waals surface area contributed by atoms with Crippen molar-refractivity contribution in [2.24, 2.45) is 5.73 Å². The molecule has 0 aromatic heterocycles. The number of halogens is 2. The van der Waals surface area contributed by atoms with Crippen LogP contribution in [0.5, 0.6) is 0 Å². The van der Waals surface area contributed by atoms with Crippen LogP contribution >= 0.6 is 11.6 Å². The molecule has 3 aliphatic heterocycles. The fourth-order valence-corrected chi connectivity index (χ4v) is 8.31. The molecule has 3 fully saturated rings. The van der Waals surface area contributed by atoms with Crippen LogP contribution < -0.4 is 21.7 Å². The summed E-state index contributed by atoms with van der Waals surface area (Å²) < 4.78 is 42.4. The number of nitrogens with one attached hydrogen (secondary N) is 3. The molecule has 2 aromatic carbocycles. The average molecular weight is 578 g/mol. The number of rotatable bonds is 7. The second kappa shape index (κ2) is 11.8. The molecule has 4 unspecified atom stereocenters. The van der Waals surface area contributed by atoms with Crippen molar-refractivity contribution in [2.75, 3.05) is 37.2 Å². The molecule has 0 radical (unpaired) electrons. The van der Waals surface area contributed by atoms with Crippen molar-refractivity contribution in [1.29, 1.82) is 0 Å². The molecule has 0 saturated carbocycles. The number of benzene rings is 2. The van der Waals surface area contributed by atoms with E-state index in [0.29, 0.717) is 55.0 Å². The van der Waals surface area contributed by atoms with E-state index in [4.69, 9.17) is 17.3 Å². The third-order valence-corrected chi connectivity index (χ3v) is 10.9. The van der Waals surface area contributed by atoms with Gasteiger partial charge in [-0.25, -0.2) is 12.8 Å². The van der Waals surface area contributed by atoms with Crippen molar-refractivity contribution < 1.29 is 17.6 Å². The van der Waals surface area contributed by atoms with Gasteiger partial charge in [-0.2, -0.15) is 4.31 Å². The molecule has 0 spiro atoms. The lowest BCUT2D eigenvalue weighted by Crippen LogP contribution is -2.57. The Morgan fingerprint density at radius 1 is 1.21 bits per heavy atom. The van der Waals surface area contributed by atoms with Gasteiger partial charge in [-0.15, -0.1) is 0 Å². The summed E-state index contributed by atoms with van der Waals surface area (Å²) in [6.07, 6.45) is 3.56. The van der Waals surface area contributed by atoms with Gasteiger partial charge in [0, 0.05) is 46.9 Å². The second-order valence-corrected chi connectivity index (χ2v) is 13.4. The second-order valence-electron chi connectivity index (χ2n) is 11.0. The summed E-state index contributed by atoms with van der Waals surface area (Å²) in [5, 5.41) is 10.3. The normalized spacial score (nSPS) is 26.8. The molecular weight excluding hydrogens is 541 g/mol. The molecule has 11 heteroatoms. The van der Waals surface area contributed by atoms with Crippen LogP contribution in [0.25, 0.3) is 0 Å². The Morgan fingerprint density at radius 3 is 2.69 bits per heavy atom. The Labute approximate surface area is 234 Å². The van der Waals surface area contributed by atoms with E-state index in [2.05, 4.69) is 16.0 Å². The van der Waals surface area contributed by atoms with Crippen molar-refractivity contribution in [3.63, 3.8) is 0 Å². The topological polar surface area (TPSA) is 117 Å². The fraction of sp³-hybridized carbons (Fsp3) is 0.536. The van der Waals surface area contributed by atoms with Crippen molar-refractivity contribution in [3.05, 3.63) is 64.4 Å². The largest absolute Gasteiger partial charge is 0.324 e. The number of amides is 1. The molecule has 39 heavy (non-hydrogen) atoms. The Hall–Kier alpha value is -2.08. The van der Waals surface area contributed by atoms with E-state index in [9.17, 15) is 13.2 Å². The first-order valence-corrected chi connectivity index (χ1v) is 15.7. The van der Waals surface area contributed by atoms with Gasteiger partial charge in [-0.05, 0) is 81.4 Å². The van der Waals surface area contributed by atoms with Gasteiger partial charge in [0.05, 0.1) is 11.8 Å². The summed E-state index contributed by atoms with van der Waals surface area (Å²) in [6.45, 7) is 2.43. The SMILES string of the molecule is NC(C(=O)Nc1cccc(F)c1CCC1CNC2CCCS(=O)(=O)N1C2)C1(c2ccc(Cl)cc2)CCNCC1. The lowest BCUT2D eigenvalue weighted by Gasteiger charge is -2.42. The van der Waals surface area contributed by atoms with Crippen LogP contribution in [0.2, 0.25) is 5.02 Å². The van der Waals surface area contributed by atoms with Gasteiger partial charge in [0.2, 0.25) is 15.9 Å². The van der Waals surface area contributed by atoms with Crippen LogP contribution in [-0.2, 0) is 26.7 Å². The third-order valence-electron chi connectivity index (χ3n) is 8.66. The molecule has 212 valence electrons. The quantitative estimate of drug-likeness (QED) is 0.402. The molecule has 0 aliphatic carbocycles. The Morgan fingerprint density at radius 2 is 1.95 bits per heavy atom. The van der Waals surface area contributed by atoms with Crippen LogP contribution in [0.1, 0.15) is 43.2 Å². The summed E-state index contributed by atoms with van der Waals surface area (Å²) in [5.74, 6) is -0.669. The fourth-order valence-electron chi connectivity index (χ4n) is 6.38. The molecule has 5 rings (SSSR count). The van der Waals surface area contributed by atoms with E-state index >= 15 is 4.39 Å². The standard InChI is InChI=1S/C28H37ClFN5O3S/c29-20-8-6-19(7-9-20)28(12-14-32-15-13-28)26(31)27(36)34-25-5-1-4-24(30)23(25)11-10-22-17-33-21-3-2-16-39(37,38)35(22)18-21/h1,4-9,21-22,26,32-33H,2-3,10-18,31H2,(H,34,36). The third kappa shape index (κ3) is 6.01. The maximum Gasteiger partial charge on any atom is 0.242 e. The van der Waals surface area contributed by atoms with Gasteiger partial charge in [-0.3, -0.25) is 4.79 Å². The number of piperazine rings is 1. The highest BCUT2D eigenvalue weighted by Gasteiger charge is 2.43. The smallest absolute Gasteiger partial charge is 0.242 e. The number of nitrogens with zero attached hydrogens (tertiary/aromatic N) is 1. The average Bonchev–Trinajstić information content (AvgIpc) is 3.04. The molecular formula is C28H37ClFN5O3S. The van der Waals surface area contributed by atoms with Gasteiger partial charge in [0.15, 0.2) is 0 Å². The number of hydrogen-bond acceptors (Lipinski definition) is 6. The number of carbonyl (C=O) groups excluding carboxylic acids is 1. The number of hydrogen-bond donors (Lipinski definition) is 4. The maximum absolute atomic E-state index is 15.1. The van der Waals surface area contributed by atoms with Crippen LogP contribution in [0, 0.1) is 5.82 Å². The van der Waals surface area contributed by atoms with E-state index in [1.165, 1.54) is 6.07 Å². The minimum Gasteiger partial charge on any atom is -0.324 e. The van der Waals surface area contributed by atoms with Crippen molar-refractivity contribution >= 4 is 33.2 Å². The Balaban J connectivity index is 1.34. The summed E-state index contributed by atoms with van der Waals surface area (Å²) >= 11 is 6.12. The first kappa shape index (κ1) is 28.4. The summed E-state index contributed by atoms with van der Waals surface area (Å²) in [6, 6.07) is 11.1. The zero-order valence-electron chi connectivity index (χ0n) is 22.0. The minimum absolute atomic E-state index is 0.144. The lowest BCUT2D eigenvalue weighted by molar-refractivity contribution is -0.119. The molecule has 1 amide bonds. The zero-order chi connectivity index (χ0) is 27.6. The minimum atomic E-state index is -3.34. The number of piperidine rings is 1. The van der Waals surface area contributed by atoms with Crippen LogP contribution in [-0.4, -0.2) is 68.7 Å². The van der Waals surface area contributed by atoms with Crippen LogP contribution in [0.3, 0.4) is 0 Å². The molecule has 3 heterocycles. The van der Waals surface area contributed by atoms with E-state index < -0.39 is 27.3 Å². The van der Waals surface area contributed by atoms with Crippen molar-refractivity contribution in [1.82, 2.24) is 14.9 Å². The van der Waals surface area contributed by atoms with Crippen molar-refractivity contribution in [3.8, 4) is 0 Å². The highest BCUT2D eigenvalue weighted by molar-refractivity contribution is 7.89. The number of nitrogens with two attached hydrogens (primary N) is 1. The van der Waals surface area contributed by atoms with E-state index in [1.54, 1.807) is 16.4 Å². The van der Waals surface area contributed by atoms with Gasteiger partial charge in [0.25, 0.3) is 0 Å². The molecule has 4 atom stereocenters. The van der Waals surface area contributed by atoms with Gasteiger partial charge >= 0.3 is 0 Å². The first-order chi connectivity index (χ1) is 18.7. The molecule has 3 saturated heterocycles. The molecule has 3 aliphatic rings. The molecule has 8 nitrogen and oxygen atoms in total. The van der Waals surface area contributed by atoms with E-state index in [-0.39, 0.29) is 30.2 Å². The molecule has 2 aromatic rings. The van der Waals surface area contributed by atoms with E-state index in [1.807, 2.05) is 24.3 Å². The van der Waals surface area contributed by atoms with Gasteiger partial charge in [0.1, 0.15) is 5.82 Å². The Kier molecular flexibility index (Phi) is 8.61. The number of sulfonamides is 1. The number of carbonyl (C=O) groups is 1. The van der Waals surface area contributed by atoms with E-state index in [0.717, 1.165) is 25.1 Å². The highest BCUT2D eigenvalue weighted by atomic mass is 35.5. The summed E-state index contributed by atoms with van der Waals surface area (Å²) in [5.41, 5.74) is 7.78. The predicted octanol–water partition coefficient (Wildman–Crippen LogP) is 2.76. The maximum atomic E-state index is 15.1. The number of fused-ring (bicyclic) bond motifs is 2. The van der Waals surface area contributed by atoms with Gasteiger partial charge in [-0.1, -0.05) is 29.8 Å².